The van der Waals surface area contributed by atoms with Crippen LogP contribution in [0.2, 0.25) is 0 Å². The maximum Gasteiger partial charge on any atom is 0.108 e. The van der Waals surface area contributed by atoms with Crippen LogP contribution in [0.15, 0.2) is 48.7 Å². The number of aromatic nitrogens is 1. The second kappa shape index (κ2) is 5.17. The van der Waals surface area contributed by atoms with Gasteiger partial charge in [0, 0.05) is 17.3 Å². The molecule has 1 atom stereocenters. The van der Waals surface area contributed by atoms with Gasteiger partial charge in [0.15, 0.2) is 0 Å². The largest absolute Gasteiger partial charge is 0.364 e. The van der Waals surface area contributed by atoms with Gasteiger partial charge in [-0.15, -0.1) is 0 Å². The highest BCUT2D eigenvalue weighted by molar-refractivity contribution is 5.41. The standard InChI is InChI=1S/C18H22N2/c1-14(2)18(13-19,16-11-8-12-20-16)17(3,4)15-9-6-5-7-10-15/h5-12,14,20H,1-4H3. The van der Waals surface area contributed by atoms with Gasteiger partial charge in [-0.1, -0.05) is 58.0 Å². The monoisotopic (exact) mass is 266 g/mol. The van der Waals surface area contributed by atoms with Gasteiger partial charge in [-0.05, 0) is 23.6 Å². The summed E-state index contributed by atoms with van der Waals surface area (Å²) in [4.78, 5) is 3.26. The average Bonchev–Trinajstić information content (AvgIpc) is 2.95. The molecule has 1 aromatic carbocycles. The van der Waals surface area contributed by atoms with Crippen molar-refractivity contribution in [1.82, 2.24) is 4.98 Å². The molecule has 104 valence electrons. The molecular weight excluding hydrogens is 244 g/mol. The summed E-state index contributed by atoms with van der Waals surface area (Å²) < 4.78 is 0. The summed E-state index contributed by atoms with van der Waals surface area (Å²) in [7, 11) is 0. The number of H-pyrrole nitrogens is 1. The van der Waals surface area contributed by atoms with Crippen molar-refractivity contribution in [3.63, 3.8) is 0 Å². The van der Waals surface area contributed by atoms with Crippen molar-refractivity contribution in [2.45, 2.75) is 38.5 Å². The molecule has 0 bridgehead atoms. The Morgan fingerprint density at radius 2 is 1.70 bits per heavy atom. The predicted octanol–water partition coefficient (Wildman–Crippen LogP) is 4.41. The minimum absolute atomic E-state index is 0.196. The summed E-state index contributed by atoms with van der Waals surface area (Å²) in [6.45, 7) is 8.56. The summed E-state index contributed by atoms with van der Waals surface area (Å²) in [5.74, 6) is 0.196. The molecule has 1 unspecified atom stereocenters. The molecule has 0 aliphatic carbocycles. The van der Waals surface area contributed by atoms with Crippen LogP contribution < -0.4 is 0 Å². The molecule has 2 rings (SSSR count). The lowest BCUT2D eigenvalue weighted by Gasteiger charge is -2.44. The van der Waals surface area contributed by atoms with Crippen LogP contribution in [0.5, 0.6) is 0 Å². The Bertz CT molecular complexity index is 588. The first kappa shape index (κ1) is 14.4. The average molecular weight is 266 g/mol. The Morgan fingerprint density at radius 3 is 2.15 bits per heavy atom. The van der Waals surface area contributed by atoms with E-state index in [1.807, 2.05) is 36.5 Å². The Kier molecular flexibility index (Phi) is 3.72. The third kappa shape index (κ3) is 1.94. The zero-order valence-electron chi connectivity index (χ0n) is 12.6. The fraction of sp³-hybridized carbons (Fsp3) is 0.389. The van der Waals surface area contributed by atoms with E-state index in [0.29, 0.717) is 0 Å². The zero-order valence-corrected chi connectivity index (χ0v) is 12.6. The highest BCUT2D eigenvalue weighted by Crippen LogP contribution is 2.48. The number of hydrogen-bond acceptors (Lipinski definition) is 1. The van der Waals surface area contributed by atoms with Gasteiger partial charge in [0.2, 0.25) is 0 Å². The molecule has 0 spiro atoms. The first-order valence-electron chi connectivity index (χ1n) is 7.07. The van der Waals surface area contributed by atoms with Crippen molar-refractivity contribution in [1.29, 1.82) is 5.26 Å². The summed E-state index contributed by atoms with van der Waals surface area (Å²) in [5.41, 5.74) is 1.30. The first-order valence-corrected chi connectivity index (χ1v) is 7.07. The maximum absolute atomic E-state index is 10.0. The van der Waals surface area contributed by atoms with E-state index in [1.165, 1.54) is 5.56 Å². The van der Waals surface area contributed by atoms with E-state index in [1.54, 1.807) is 0 Å². The van der Waals surface area contributed by atoms with E-state index in [4.69, 9.17) is 0 Å². The molecule has 1 N–H and O–H groups in total. The SMILES string of the molecule is CC(C)C(C#N)(c1ccc[nH]1)C(C)(C)c1ccccc1. The molecule has 1 heterocycles. The lowest BCUT2D eigenvalue weighted by atomic mass is 9.56. The summed E-state index contributed by atoms with van der Waals surface area (Å²) in [5, 5.41) is 10.0. The van der Waals surface area contributed by atoms with Crippen LogP contribution in [-0.4, -0.2) is 4.98 Å². The van der Waals surface area contributed by atoms with Crippen LogP contribution in [-0.2, 0) is 10.8 Å². The smallest absolute Gasteiger partial charge is 0.108 e. The van der Waals surface area contributed by atoms with Gasteiger partial charge in [0.1, 0.15) is 5.41 Å². The Labute approximate surface area is 121 Å². The summed E-state index contributed by atoms with van der Waals surface area (Å²) in [6, 6.07) is 16.9. The Hall–Kier alpha value is -2.01. The van der Waals surface area contributed by atoms with Gasteiger partial charge in [0.05, 0.1) is 6.07 Å². The van der Waals surface area contributed by atoms with Crippen molar-refractivity contribution >= 4 is 0 Å². The Balaban J connectivity index is 2.67. The zero-order chi connectivity index (χ0) is 14.8. The molecule has 0 amide bonds. The molecule has 1 aromatic heterocycles. The van der Waals surface area contributed by atoms with Crippen molar-refractivity contribution in [2.24, 2.45) is 5.92 Å². The fourth-order valence-electron chi connectivity index (χ4n) is 3.36. The van der Waals surface area contributed by atoms with Crippen LogP contribution in [0.25, 0.3) is 0 Å². The highest BCUT2D eigenvalue weighted by Gasteiger charge is 2.51. The molecule has 0 aliphatic rings. The van der Waals surface area contributed by atoms with Crippen LogP contribution in [0.1, 0.15) is 39.0 Å². The second-order valence-corrected chi connectivity index (χ2v) is 6.15. The van der Waals surface area contributed by atoms with E-state index < -0.39 is 5.41 Å². The lowest BCUT2D eigenvalue weighted by molar-refractivity contribution is 0.239. The fourth-order valence-corrected chi connectivity index (χ4v) is 3.36. The molecule has 2 aromatic rings. The topological polar surface area (TPSA) is 39.6 Å². The van der Waals surface area contributed by atoms with E-state index >= 15 is 0 Å². The van der Waals surface area contributed by atoms with Crippen molar-refractivity contribution < 1.29 is 0 Å². The number of hydrogen-bond donors (Lipinski definition) is 1. The number of aromatic amines is 1. The molecule has 0 radical (unpaired) electrons. The van der Waals surface area contributed by atoms with E-state index in [2.05, 4.69) is 50.9 Å². The normalized spacial score (nSPS) is 14.8. The lowest BCUT2D eigenvalue weighted by Crippen LogP contribution is -2.48. The van der Waals surface area contributed by atoms with Crippen molar-refractivity contribution in [2.75, 3.05) is 0 Å². The van der Waals surface area contributed by atoms with E-state index in [0.717, 1.165) is 5.69 Å². The minimum atomic E-state index is -0.585. The van der Waals surface area contributed by atoms with Gasteiger partial charge in [0.25, 0.3) is 0 Å². The van der Waals surface area contributed by atoms with Gasteiger partial charge in [-0.3, -0.25) is 0 Å². The molecule has 0 saturated carbocycles. The molecule has 0 fully saturated rings. The van der Waals surface area contributed by atoms with E-state index in [9.17, 15) is 5.26 Å². The predicted molar refractivity (Wildman–Crippen MR) is 82.4 cm³/mol. The molecule has 0 aliphatic heterocycles. The Morgan fingerprint density at radius 1 is 1.05 bits per heavy atom. The quantitative estimate of drug-likeness (QED) is 0.874. The van der Waals surface area contributed by atoms with Gasteiger partial charge in [-0.2, -0.15) is 5.26 Å². The van der Waals surface area contributed by atoms with Gasteiger partial charge >= 0.3 is 0 Å². The number of nitrogens with one attached hydrogen (secondary N) is 1. The van der Waals surface area contributed by atoms with Crippen LogP contribution in [0.4, 0.5) is 0 Å². The highest BCUT2D eigenvalue weighted by atomic mass is 14.7. The second-order valence-electron chi connectivity index (χ2n) is 6.15. The van der Waals surface area contributed by atoms with Gasteiger partial charge < -0.3 is 4.98 Å². The molecule has 2 nitrogen and oxygen atoms in total. The number of nitrogens with zero attached hydrogens (tertiary/aromatic N) is 1. The van der Waals surface area contributed by atoms with Crippen LogP contribution in [0, 0.1) is 17.2 Å². The van der Waals surface area contributed by atoms with E-state index in [-0.39, 0.29) is 11.3 Å². The molecule has 2 heteroatoms. The number of nitriles is 1. The van der Waals surface area contributed by atoms with Crippen molar-refractivity contribution in [3.05, 3.63) is 59.9 Å². The number of rotatable bonds is 4. The van der Waals surface area contributed by atoms with Crippen LogP contribution in [0.3, 0.4) is 0 Å². The van der Waals surface area contributed by atoms with Gasteiger partial charge in [-0.25, -0.2) is 0 Å². The number of benzene rings is 1. The summed E-state index contributed by atoms with van der Waals surface area (Å²) in [6.07, 6.45) is 1.89. The molecule has 0 saturated heterocycles. The first-order chi connectivity index (χ1) is 9.46. The maximum atomic E-state index is 10.0. The molecule has 20 heavy (non-hydrogen) atoms. The van der Waals surface area contributed by atoms with Crippen LogP contribution >= 0.6 is 0 Å². The molecular formula is C18H22N2. The third-order valence-corrected chi connectivity index (χ3v) is 4.55. The summed E-state index contributed by atoms with van der Waals surface area (Å²) >= 11 is 0. The minimum Gasteiger partial charge on any atom is -0.364 e. The van der Waals surface area contributed by atoms with Crippen molar-refractivity contribution in [3.8, 4) is 6.07 Å². The third-order valence-electron chi connectivity index (χ3n) is 4.55.